The van der Waals surface area contributed by atoms with Gasteiger partial charge in [-0.25, -0.2) is 14.6 Å². The third-order valence-electron chi connectivity index (χ3n) is 2.55. The Morgan fingerprint density at radius 2 is 2.00 bits per heavy atom. The summed E-state index contributed by atoms with van der Waals surface area (Å²) in [6.07, 6.45) is 1.98. The predicted octanol–water partition coefficient (Wildman–Crippen LogP) is 1.33. The van der Waals surface area contributed by atoms with E-state index in [1.54, 1.807) is 16.3 Å². The fourth-order valence-electron chi connectivity index (χ4n) is 1.62. The number of hydrogen-bond acceptors (Lipinski definition) is 4. The molecule has 7 heteroatoms. The SMILES string of the molecule is CC(C)n1ncnc1C(O)c1ncc(Cl)n1C. The highest BCUT2D eigenvalue weighted by atomic mass is 35.5. The first-order valence-corrected chi connectivity index (χ1v) is 5.64. The van der Waals surface area contributed by atoms with Crippen molar-refractivity contribution in [3.63, 3.8) is 0 Å². The normalized spacial score (nSPS) is 13.3. The predicted molar refractivity (Wildman–Crippen MR) is 62.7 cm³/mol. The highest BCUT2D eigenvalue weighted by Gasteiger charge is 2.23. The van der Waals surface area contributed by atoms with Crippen LogP contribution in [0.4, 0.5) is 0 Å². The van der Waals surface area contributed by atoms with Crippen LogP contribution in [0.2, 0.25) is 5.15 Å². The Morgan fingerprint density at radius 1 is 1.29 bits per heavy atom. The molecule has 0 aliphatic carbocycles. The zero-order valence-electron chi connectivity index (χ0n) is 9.87. The Morgan fingerprint density at radius 3 is 2.53 bits per heavy atom. The van der Waals surface area contributed by atoms with Crippen molar-refractivity contribution < 1.29 is 5.11 Å². The minimum absolute atomic E-state index is 0.123. The van der Waals surface area contributed by atoms with E-state index in [4.69, 9.17) is 11.6 Å². The first-order valence-electron chi connectivity index (χ1n) is 5.27. The molecule has 0 aromatic carbocycles. The molecular formula is C10H14ClN5O. The quantitative estimate of drug-likeness (QED) is 0.898. The fourth-order valence-corrected chi connectivity index (χ4v) is 1.76. The van der Waals surface area contributed by atoms with Crippen LogP contribution in [0.5, 0.6) is 0 Å². The summed E-state index contributed by atoms with van der Waals surface area (Å²) in [5.74, 6) is 0.912. The van der Waals surface area contributed by atoms with Gasteiger partial charge in [0, 0.05) is 13.1 Å². The van der Waals surface area contributed by atoms with E-state index in [1.807, 2.05) is 13.8 Å². The number of aliphatic hydroxyl groups is 1. The van der Waals surface area contributed by atoms with Crippen molar-refractivity contribution in [3.8, 4) is 0 Å². The Kier molecular flexibility index (Phi) is 3.17. The highest BCUT2D eigenvalue weighted by Crippen LogP contribution is 2.22. The van der Waals surface area contributed by atoms with Crippen LogP contribution in [0.25, 0.3) is 0 Å². The minimum atomic E-state index is -0.933. The third-order valence-corrected chi connectivity index (χ3v) is 2.90. The molecule has 2 heterocycles. The van der Waals surface area contributed by atoms with Crippen LogP contribution in [0.1, 0.15) is 37.6 Å². The maximum absolute atomic E-state index is 10.2. The van der Waals surface area contributed by atoms with Gasteiger partial charge in [-0.1, -0.05) is 11.6 Å². The van der Waals surface area contributed by atoms with Gasteiger partial charge in [0.2, 0.25) is 0 Å². The summed E-state index contributed by atoms with van der Waals surface area (Å²) in [4.78, 5) is 8.14. The number of imidazole rings is 1. The molecule has 1 N–H and O–H groups in total. The molecule has 2 aromatic heterocycles. The smallest absolute Gasteiger partial charge is 0.171 e. The zero-order chi connectivity index (χ0) is 12.6. The number of halogens is 1. The number of rotatable bonds is 3. The van der Waals surface area contributed by atoms with Crippen LogP contribution in [-0.4, -0.2) is 29.4 Å². The minimum Gasteiger partial charge on any atom is -0.377 e. The second kappa shape index (κ2) is 4.46. The third kappa shape index (κ3) is 2.05. The molecule has 0 fully saturated rings. The van der Waals surface area contributed by atoms with Crippen LogP contribution in [0.3, 0.4) is 0 Å². The van der Waals surface area contributed by atoms with Crippen molar-refractivity contribution in [3.05, 3.63) is 29.3 Å². The first kappa shape index (κ1) is 12.1. The standard InChI is InChI=1S/C10H14ClN5O/c1-6(2)16-10(13-5-14-16)8(17)9-12-4-7(11)15(9)3/h4-6,8,17H,1-3H3. The molecule has 0 bridgehead atoms. The van der Waals surface area contributed by atoms with E-state index >= 15 is 0 Å². The van der Waals surface area contributed by atoms with E-state index in [0.29, 0.717) is 16.8 Å². The zero-order valence-corrected chi connectivity index (χ0v) is 10.6. The molecule has 1 unspecified atom stereocenters. The summed E-state index contributed by atoms with van der Waals surface area (Å²) in [7, 11) is 1.74. The second-order valence-electron chi connectivity index (χ2n) is 4.06. The van der Waals surface area contributed by atoms with Crippen molar-refractivity contribution in [2.24, 2.45) is 7.05 Å². The molecule has 2 aromatic rings. The van der Waals surface area contributed by atoms with Gasteiger partial charge < -0.3 is 9.67 Å². The van der Waals surface area contributed by atoms with Gasteiger partial charge in [0.25, 0.3) is 0 Å². The van der Waals surface area contributed by atoms with Gasteiger partial charge in [0.05, 0.1) is 6.20 Å². The number of aromatic nitrogens is 5. The maximum atomic E-state index is 10.2. The van der Waals surface area contributed by atoms with Gasteiger partial charge in [-0.15, -0.1) is 0 Å². The summed E-state index contributed by atoms with van der Waals surface area (Å²) in [6, 6.07) is 0.123. The average Bonchev–Trinajstić information content (AvgIpc) is 2.87. The van der Waals surface area contributed by atoms with Gasteiger partial charge >= 0.3 is 0 Å². The molecule has 17 heavy (non-hydrogen) atoms. The average molecular weight is 256 g/mol. The van der Waals surface area contributed by atoms with Crippen molar-refractivity contribution in [2.75, 3.05) is 0 Å². The summed E-state index contributed by atoms with van der Waals surface area (Å²) >= 11 is 5.88. The molecule has 6 nitrogen and oxygen atoms in total. The number of aliphatic hydroxyl groups excluding tert-OH is 1. The second-order valence-corrected chi connectivity index (χ2v) is 4.44. The molecule has 0 amide bonds. The van der Waals surface area contributed by atoms with Crippen LogP contribution in [0, 0.1) is 0 Å². The molecule has 92 valence electrons. The van der Waals surface area contributed by atoms with E-state index in [2.05, 4.69) is 15.1 Å². The van der Waals surface area contributed by atoms with E-state index in [1.165, 1.54) is 12.5 Å². The molecule has 0 spiro atoms. The van der Waals surface area contributed by atoms with Gasteiger partial charge in [-0.2, -0.15) is 5.10 Å². The van der Waals surface area contributed by atoms with E-state index < -0.39 is 6.10 Å². The molecule has 1 atom stereocenters. The van der Waals surface area contributed by atoms with Crippen molar-refractivity contribution in [2.45, 2.75) is 26.0 Å². The maximum Gasteiger partial charge on any atom is 0.171 e. The molecule has 0 saturated heterocycles. The van der Waals surface area contributed by atoms with Crippen molar-refractivity contribution >= 4 is 11.6 Å². The molecular weight excluding hydrogens is 242 g/mol. The van der Waals surface area contributed by atoms with E-state index in [-0.39, 0.29) is 6.04 Å². The van der Waals surface area contributed by atoms with E-state index in [9.17, 15) is 5.11 Å². The lowest BCUT2D eigenvalue weighted by Gasteiger charge is -2.14. The van der Waals surface area contributed by atoms with E-state index in [0.717, 1.165) is 0 Å². The van der Waals surface area contributed by atoms with Gasteiger partial charge in [0.1, 0.15) is 17.3 Å². The monoisotopic (exact) mass is 255 g/mol. The summed E-state index contributed by atoms with van der Waals surface area (Å²) < 4.78 is 3.28. The van der Waals surface area contributed by atoms with Gasteiger partial charge in [0.15, 0.2) is 11.9 Å². The largest absolute Gasteiger partial charge is 0.377 e. The first-order chi connectivity index (χ1) is 8.02. The number of nitrogens with zero attached hydrogens (tertiary/aromatic N) is 5. The van der Waals surface area contributed by atoms with Crippen LogP contribution >= 0.6 is 11.6 Å². The Balaban J connectivity index is 2.40. The summed E-state index contributed by atoms with van der Waals surface area (Å²) in [5, 5.41) is 14.8. The number of hydrogen-bond donors (Lipinski definition) is 1. The van der Waals surface area contributed by atoms with Gasteiger partial charge in [-0.05, 0) is 13.8 Å². The van der Waals surface area contributed by atoms with Crippen molar-refractivity contribution in [1.82, 2.24) is 24.3 Å². The molecule has 0 aliphatic rings. The topological polar surface area (TPSA) is 68.8 Å². The highest BCUT2D eigenvalue weighted by molar-refractivity contribution is 6.29. The van der Waals surface area contributed by atoms with Crippen molar-refractivity contribution in [1.29, 1.82) is 0 Å². The lowest BCUT2D eigenvalue weighted by atomic mass is 10.3. The summed E-state index contributed by atoms with van der Waals surface area (Å²) in [6.45, 7) is 3.94. The van der Waals surface area contributed by atoms with Crippen LogP contribution < -0.4 is 0 Å². The molecule has 2 rings (SSSR count). The lowest BCUT2D eigenvalue weighted by Crippen LogP contribution is -2.16. The molecule has 0 aliphatic heterocycles. The fraction of sp³-hybridized carbons (Fsp3) is 0.500. The Hall–Kier alpha value is -1.40. The molecule has 0 radical (unpaired) electrons. The summed E-state index contributed by atoms with van der Waals surface area (Å²) in [5.41, 5.74) is 0. The van der Waals surface area contributed by atoms with Crippen LogP contribution in [-0.2, 0) is 7.05 Å². The van der Waals surface area contributed by atoms with Crippen LogP contribution in [0.15, 0.2) is 12.5 Å². The lowest BCUT2D eigenvalue weighted by molar-refractivity contribution is 0.186. The molecule has 0 saturated carbocycles. The Labute approximate surface area is 104 Å². The Bertz CT molecular complexity index is 518. The van der Waals surface area contributed by atoms with Gasteiger partial charge in [-0.3, -0.25) is 0 Å².